The Labute approximate surface area is 385 Å². The number of hydrogen-bond acceptors (Lipinski definition) is 12. The average molecular weight is 916 g/mol. The van der Waals surface area contributed by atoms with E-state index in [1.165, 1.54) is 32.3 Å². The Morgan fingerprint density at radius 1 is 0.754 bits per heavy atom. The van der Waals surface area contributed by atoms with Crippen LogP contribution in [0, 0.1) is 23.7 Å². The highest BCUT2D eigenvalue weighted by molar-refractivity contribution is 6.36. The van der Waals surface area contributed by atoms with Crippen LogP contribution in [0.1, 0.15) is 29.9 Å². The molecule has 2 saturated heterocycles. The maximum Gasteiger partial charge on any atom is 0.260 e. The number of allylic oxidation sites excluding steroid dienone is 2. The molecule has 0 aromatic heterocycles. The van der Waals surface area contributed by atoms with E-state index < -0.39 is 52.7 Å². The van der Waals surface area contributed by atoms with Gasteiger partial charge >= 0.3 is 0 Å². The maximum absolute atomic E-state index is 15.7. The van der Waals surface area contributed by atoms with Gasteiger partial charge in [-0.25, -0.2) is 0 Å². The molecule has 4 amide bonds. The van der Waals surface area contributed by atoms with E-state index in [1.54, 1.807) is 72.8 Å². The predicted molar refractivity (Wildman–Crippen MR) is 246 cm³/mol. The molecule has 0 bridgehead atoms. The highest BCUT2D eigenvalue weighted by Gasteiger charge is 2.70. The standard InChI is InChI=1S/C49H44Cl2N6O8/c1-55(2)31-13-9-29(10-14-31)52-53-30-11-15-32(16-12-30)56-45(59)35-20-19-34-36(42(35)47(56)61)25-37-46(60)57(54-39-21-8-28(50)24-38(39)51)48(62)49(37,27-6-17-33(63-3)18-7-27)43(34)26-22-40(64-4)44(58)41(23-26)65-5/h6-19,21-24,35-37,42-43,54,58H,20,25H2,1-5H3/t35-,36+,37-,42-,43-,49+/m0/s1. The highest BCUT2D eigenvalue weighted by Crippen LogP contribution is 2.65. The Hall–Kier alpha value is -6.90. The summed E-state index contributed by atoms with van der Waals surface area (Å²) in [5.74, 6) is -5.84. The predicted octanol–water partition coefficient (Wildman–Crippen LogP) is 9.40. The van der Waals surface area contributed by atoms with Crippen LogP contribution in [0.5, 0.6) is 23.0 Å². The second-order valence-corrected chi connectivity index (χ2v) is 17.5. The normalized spacial score (nSPS) is 23.6. The first-order chi connectivity index (χ1) is 31.3. The van der Waals surface area contributed by atoms with Crippen LogP contribution < -0.4 is 29.4 Å². The number of nitrogens with one attached hydrogen (secondary N) is 1. The molecule has 3 fully saturated rings. The van der Waals surface area contributed by atoms with Crippen molar-refractivity contribution in [3.8, 4) is 23.0 Å². The molecule has 0 spiro atoms. The van der Waals surface area contributed by atoms with Crippen molar-refractivity contribution in [2.75, 3.05) is 50.7 Å². The zero-order chi connectivity index (χ0) is 45.9. The molecule has 2 aliphatic heterocycles. The van der Waals surface area contributed by atoms with Crippen molar-refractivity contribution in [3.63, 3.8) is 0 Å². The van der Waals surface area contributed by atoms with Crippen molar-refractivity contribution in [2.24, 2.45) is 33.9 Å². The third-order valence-electron chi connectivity index (χ3n) is 13.2. The van der Waals surface area contributed by atoms with Crippen LogP contribution in [0.2, 0.25) is 10.0 Å². The highest BCUT2D eigenvalue weighted by atomic mass is 35.5. The first-order valence-corrected chi connectivity index (χ1v) is 21.6. The van der Waals surface area contributed by atoms with E-state index >= 15 is 9.59 Å². The number of phenolic OH excluding ortho intramolecular Hbond substituents is 1. The lowest BCUT2D eigenvalue weighted by atomic mass is 9.49. The lowest BCUT2D eigenvalue weighted by Crippen LogP contribution is -2.53. The Bertz CT molecular complexity index is 2770. The van der Waals surface area contributed by atoms with E-state index in [4.69, 9.17) is 37.4 Å². The van der Waals surface area contributed by atoms with Crippen molar-refractivity contribution in [2.45, 2.75) is 24.2 Å². The summed E-state index contributed by atoms with van der Waals surface area (Å²) in [6.45, 7) is 0. The molecule has 0 radical (unpaired) electrons. The van der Waals surface area contributed by atoms with Gasteiger partial charge in [0, 0.05) is 30.7 Å². The second kappa shape index (κ2) is 16.9. The van der Waals surface area contributed by atoms with Crippen LogP contribution in [0.15, 0.2) is 125 Å². The largest absolute Gasteiger partial charge is 0.502 e. The van der Waals surface area contributed by atoms with Gasteiger partial charge in [-0.05, 0) is 121 Å². The third-order valence-corrected chi connectivity index (χ3v) is 13.7. The van der Waals surface area contributed by atoms with Gasteiger partial charge in [0.05, 0.1) is 72.3 Å². The minimum atomic E-state index is -1.65. The number of rotatable bonds is 11. The first kappa shape index (κ1) is 43.4. The minimum Gasteiger partial charge on any atom is -0.502 e. The van der Waals surface area contributed by atoms with Crippen LogP contribution in [0.25, 0.3) is 0 Å². The van der Waals surface area contributed by atoms with E-state index in [9.17, 15) is 14.7 Å². The molecular weight excluding hydrogens is 871 g/mol. The quantitative estimate of drug-likeness (QED) is 0.0742. The third kappa shape index (κ3) is 7.11. The number of aromatic hydroxyl groups is 1. The minimum absolute atomic E-state index is 0.0424. The summed E-state index contributed by atoms with van der Waals surface area (Å²) >= 11 is 12.8. The summed E-state index contributed by atoms with van der Waals surface area (Å²) < 4.78 is 16.8. The van der Waals surface area contributed by atoms with Crippen LogP contribution in [-0.4, -0.2) is 69.2 Å². The van der Waals surface area contributed by atoms with Gasteiger partial charge < -0.3 is 24.2 Å². The van der Waals surface area contributed by atoms with Gasteiger partial charge in [0.25, 0.3) is 11.8 Å². The number of methoxy groups -OCH3 is 3. The number of benzene rings is 5. The Morgan fingerprint density at radius 3 is 1.97 bits per heavy atom. The Balaban J connectivity index is 1.15. The summed E-state index contributed by atoms with van der Waals surface area (Å²) in [7, 11) is 8.24. The molecule has 0 unspecified atom stereocenters. The SMILES string of the molecule is COc1ccc([C@@]23C(=O)N(Nc4ccc(Cl)cc4Cl)C(=O)[C@@H]2C[C@@H]2C(=CC[C@@H]4C(=O)N(c5ccc(N=Nc6ccc(N(C)C)cc6)cc5)C(=O)[C@@H]42)[C@@H]3c2cc(OC)c(O)c(OC)c2)cc1. The average Bonchev–Trinajstić information content (AvgIpc) is 3.69. The van der Waals surface area contributed by atoms with Gasteiger partial charge in [-0.15, -0.1) is 0 Å². The summed E-state index contributed by atoms with van der Waals surface area (Å²) in [4.78, 5) is 63.5. The maximum atomic E-state index is 15.7. The summed E-state index contributed by atoms with van der Waals surface area (Å²) in [5.41, 5.74) is 5.88. The molecule has 5 aromatic carbocycles. The van der Waals surface area contributed by atoms with E-state index in [2.05, 4.69) is 15.7 Å². The van der Waals surface area contributed by atoms with Gasteiger partial charge in [0.2, 0.25) is 17.6 Å². The molecule has 5 aromatic rings. The molecule has 332 valence electrons. The number of hydrogen-bond donors (Lipinski definition) is 2. The van der Waals surface area contributed by atoms with Gasteiger partial charge in [-0.2, -0.15) is 15.2 Å². The first-order valence-electron chi connectivity index (χ1n) is 20.9. The zero-order valence-corrected chi connectivity index (χ0v) is 37.5. The van der Waals surface area contributed by atoms with Crippen molar-refractivity contribution < 1.29 is 38.5 Å². The van der Waals surface area contributed by atoms with Crippen LogP contribution >= 0.6 is 23.2 Å². The zero-order valence-electron chi connectivity index (χ0n) is 36.0. The van der Waals surface area contributed by atoms with Crippen LogP contribution in [0.4, 0.5) is 28.4 Å². The van der Waals surface area contributed by atoms with Crippen molar-refractivity contribution in [1.82, 2.24) is 5.01 Å². The number of carbonyl (C=O) groups excluding carboxylic acids is 4. The lowest BCUT2D eigenvalue weighted by molar-refractivity contribution is -0.138. The number of hydrazine groups is 1. The number of nitrogens with zero attached hydrogens (tertiary/aromatic N) is 5. The number of azo groups is 1. The fraction of sp³-hybridized carbons (Fsp3) is 0.265. The number of halogens is 2. The molecule has 9 rings (SSSR count). The van der Waals surface area contributed by atoms with Gasteiger partial charge in [0.15, 0.2) is 11.5 Å². The van der Waals surface area contributed by atoms with Crippen molar-refractivity contribution in [3.05, 3.63) is 136 Å². The van der Waals surface area contributed by atoms with Gasteiger partial charge in [-0.1, -0.05) is 47.0 Å². The fourth-order valence-electron chi connectivity index (χ4n) is 10.2. The molecule has 14 nitrogen and oxygen atoms in total. The van der Waals surface area contributed by atoms with E-state index in [1.807, 2.05) is 49.3 Å². The molecule has 4 aliphatic rings. The number of fused-ring (bicyclic) bond motifs is 4. The Kier molecular flexibility index (Phi) is 11.3. The van der Waals surface area contributed by atoms with Crippen LogP contribution in [0.3, 0.4) is 0 Å². The number of anilines is 3. The van der Waals surface area contributed by atoms with Crippen molar-refractivity contribution >= 4 is 75.3 Å². The van der Waals surface area contributed by atoms with Gasteiger partial charge in [0.1, 0.15) is 5.75 Å². The number of imide groups is 2. The Morgan fingerprint density at radius 2 is 1.38 bits per heavy atom. The lowest BCUT2D eigenvalue weighted by Gasteiger charge is -2.50. The number of carbonyl (C=O) groups is 4. The molecule has 65 heavy (non-hydrogen) atoms. The summed E-state index contributed by atoms with van der Waals surface area (Å²) in [5, 5.41) is 21.4. The number of ether oxygens (including phenoxy) is 3. The summed E-state index contributed by atoms with van der Waals surface area (Å²) in [6.07, 6.45) is 2.17. The topological polar surface area (TPSA) is 163 Å². The van der Waals surface area contributed by atoms with Gasteiger partial charge in [-0.3, -0.25) is 29.5 Å². The van der Waals surface area contributed by atoms with E-state index in [0.29, 0.717) is 44.5 Å². The molecule has 2 heterocycles. The second-order valence-electron chi connectivity index (χ2n) is 16.6. The van der Waals surface area contributed by atoms with Crippen molar-refractivity contribution in [1.29, 1.82) is 0 Å². The fourth-order valence-corrected chi connectivity index (χ4v) is 10.6. The number of phenols is 1. The summed E-state index contributed by atoms with van der Waals surface area (Å²) in [6, 6.07) is 29.2. The smallest absolute Gasteiger partial charge is 0.260 e. The molecule has 16 heteroatoms. The molecular formula is C49H44Cl2N6O8. The molecule has 2 N–H and O–H groups in total. The molecule has 2 aliphatic carbocycles. The molecule has 6 atom stereocenters. The molecule has 1 saturated carbocycles. The van der Waals surface area contributed by atoms with E-state index in [-0.39, 0.29) is 46.7 Å². The monoisotopic (exact) mass is 914 g/mol. The van der Waals surface area contributed by atoms with E-state index in [0.717, 1.165) is 10.7 Å². The van der Waals surface area contributed by atoms with Crippen LogP contribution in [-0.2, 0) is 24.6 Å². The number of amides is 4.